The Hall–Kier alpha value is -3.18. The number of hydrogen-bond donors (Lipinski definition) is 0. The molecule has 2 heterocycles. The van der Waals surface area contributed by atoms with E-state index in [2.05, 4.69) is 47.8 Å². The number of aromatic nitrogens is 1. The smallest absolute Gasteiger partial charge is 0.249 e. The Balaban J connectivity index is 1.42. The van der Waals surface area contributed by atoms with Crippen molar-refractivity contribution in [3.05, 3.63) is 82.2 Å². The molecule has 1 atom stereocenters. The molecule has 3 aromatic rings. The van der Waals surface area contributed by atoms with Crippen LogP contribution < -0.4 is 4.74 Å². The van der Waals surface area contributed by atoms with Crippen molar-refractivity contribution >= 4 is 15.9 Å². The third-order valence-corrected chi connectivity index (χ3v) is 10.2. The van der Waals surface area contributed by atoms with E-state index in [4.69, 9.17) is 9.47 Å². The summed E-state index contributed by atoms with van der Waals surface area (Å²) < 4.78 is 41.7. The third kappa shape index (κ3) is 6.72. The molecule has 10 heteroatoms. The average molecular weight is 597 g/mol. The van der Waals surface area contributed by atoms with Crippen LogP contribution in [0.1, 0.15) is 39.7 Å². The summed E-state index contributed by atoms with van der Waals surface area (Å²) in [6.07, 6.45) is 0.707. The van der Waals surface area contributed by atoms with E-state index in [-0.39, 0.29) is 36.6 Å². The van der Waals surface area contributed by atoms with Crippen LogP contribution in [0, 0.1) is 20.8 Å². The van der Waals surface area contributed by atoms with E-state index in [1.165, 1.54) is 10.00 Å². The second-order valence-electron chi connectivity index (χ2n) is 11.3. The van der Waals surface area contributed by atoms with Gasteiger partial charge in [0.15, 0.2) is 0 Å². The Morgan fingerprint density at radius 2 is 1.71 bits per heavy atom. The number of ether oxygens (including phenoxy) is 2. The molecule has 0 radical (unpaired) electrons. The van der Waals surface area contributed by atoms with Gasteiger partial charge in [0.1, 0.15) is 12.4 Å². The van der Waals surface area contributed by atoms with Gasteiger partial charge in [-0.1, -0.05) is 30.3 Å². The number of fused-ring (bicyclic) bond motifs is 1. The van der Waals surface area contributed by atoms with Crippen LogP contribution in [0.5, 0.6) is 5.75 Å². The maximum atomic E-state index is 13.5. The van der Waals surface area contributed by atoms with Crippen molar-refractivity contribution < 1.29 is 22.7 Å². The molecule has 0 N–H and O–H groups in total. The van der Waals surface area contributed by atoms with E-state index < -0.39 is 10.0 Å². The topological polar surface area (TPSA) is 84.3 Å². The summed E-state index contributed by atoms with van der Waals surface area (Å²) >= 11 is 0. The van der Waals surface area contributed by atoms with Gasteiger partial charge in [0.05, 0.1) is 24.7 Å². The molecule has 1 unspecified atom stereocenters. The molecule has 0 saturated carbocycles. The van der Waals surface area contributed by atoms with Crippen LogP contribution in [0.2, 0.25) is 0 Å². The Bertz CT molecular complexity index is 1500. The van der Waals surface area contributed by atoms with Gasteiger partial charge in [-0.15, -0.1) is 0 Å². The molecule has 2 aromatic carbocycles. The normalized spacial score (nSPS) is 15.4. The minimum atomic E-state index is -3.76. The van der Waals surface area contributed by atoms with E-state index in [0.717, 1.165) is 29.9 Å². The standard InChI is InChI=1S/C32H44N4O5S/c1-23-19-30(40-7)24(2)25(3)32(23)42(38,39)34(6)17-18-41-22-31(37)36-16-15-35-27(21-33(4)5)13-14-28(35)29(36)20-26-11-9-8-10-12-26/h8-14,19,29H,15-18,20-22H2,1-7H3. The number of amides is 1. The fourth-order valence-electron chi connectivity index (χ4n) is 5.77. The Morgan fingerprint density at radius 1 is 1.00 bits per heavy atom. The monoisotopic (exact) mass is 596 g/mol. The van der Waals surface area contributed by atoms with E-state index in [9.17, 15) is 13.2 Å². The lowest BCUT2D eigenvalue weighted by molar-refractivity contribution is -0.139. The van der Waals surface area contributed by atoms with E-state index in [1.54, 1.807) is 34.1 Å². The molecule has 0 bridgehead atoms. The molecule has 42 heavy (non-hydrogen) atoms. The minimum Gasteiger partial charge on any atom is -0.496 e. The second-order valence-corrected chi connectivity index (χ2v) is 13.3. The molecule has 0 aliphatic carbocycles. The molecular formula is C32H44N4O5S. The number of hydrogen-bond acceptors (Lipinski definition) is 6. The van der Waals surface area contributed by atoms with Crippen molar-refractivity contribution in [3.8, 4) is 5.75 Å². The van der Waals surface area contributed by atoms with Crippen molar-refractivity contribution in [2.45, 2.75) is 51.2 Å². The number of carbonyl (C=O) groups excluding carboxylic acids is 1. The van der Waals surface area contributed by atoms with Gasteiger partial charge < -0.3 is 23.8 Å². The maximum Gasteiger partial charge on any atom is 0.249 e. The zero-order valence-corrected chi connectivity index (χ0v) is 26.7. The summed E-state index contributed by atoms with van der Waals surface area (Å²) in [6, 6.07) is 16.1. The lowest BCUT2D eigenvalue weighted by atomic mass is 10.00. The molecule has 1 amide bonds. The van der Waals surface area contributed by atoms with Crippen LogP contribution in [0.25, 0.3) is 0 Å². The lowest BCUT2D eigenvalue weighted by Gasteiger charge is -2.38. The number of sulfonamides is 1. The van der Waals surface area contributed by atoms with Crippen molar-refractivity contribution in [2.75, 3.05) is 54.6 Å². The SMILES string of the molecule is COc1cc(C)c(S(=O)(=O)N(C)CCOCC(=O)N2CCn3c(CN(C)C)ccc3C2Cc2ccccc2)c(C)c1C. The van der Waals surface area contributed by atoms with Crippen molar-refractivity contribution in [2.24, 2.45) is 0 Å². The quantitative estimate of drug-likeness (QED) is 0.295. The Labute approximate surface area is 250 Å². The molecule has 4 rings (SSSR count). The van der Waals surface area contributed by atoms with Gasteiger partial charge in [0.2, 0.25) is 15.9 Å². The summed E-state index contributed by atoms with van der Waals surface area (Å²) in [4.78, 5) is 17.8. The third-order valence-electron chi connectivity index (χ3n) is 8.10. The fourth-order valence-corrected chi connectivity index (χ4v) is 7.40. The number of aryl methyl sites for hydroxylation is 1. The summed E-state index contributed by atoms with van der Waals surface area (Å²) in [5.74, 6) is 0.568. The van der Waals surface area contributed by atoms with Gasteiger partial charge in [0, 0.05) is 44.6 Å². The van der Waals surface area contributed by atoms with Gasteiger partial charge in [-0.2, -0.15) is 4.31 Å². The van der Waals surface area contributed by atoms with Gasteiger partial charge in [0.25, 0.3) is 0 Å². The molecule has 0 fully saturated rings. The highest BCUT2D eigenvalue weighted by molar-refractivity contribution is 7.89. The van der Waals surface area contributed by atoms with Gasteiger partial charge >= 0.3 is 0 Å². The highest BCUT2D eigenvalue weighted by Gasteiger charge is 2.32. The van der Waals surface area contributed by atoms with Crippen LogP contribution in [0.15, 0.2) is 53.4 Å². The van der Waals surface area contributed by atoms with Crippen molar-refractivity contribution in [3.63, 3.8) is 0 Å². The minimum absolute atomic E-state index is 0.0967. The molecule has 1 aliphatic heterocycles. The van der Waals surface area contributed by atoms with Crippen molar-refractivity contribution in [1.29, 1.82) is 0 Å². The van der Waals surface area contributed by atoms with Crippen LogP contribution in [-0.4, -0.2) is 87.6 Å². The molecule has 0 spiro atoms. The highest BCUT2D eigenvalue weighted by atomic mass is 32.2. The number of benzene rings is 2. The number of likely N-dealkylation sites (N-methyl/N-ethyl adjacent to an activating group) is 1. The first-order valence-corrected chi connectivity index (χ1v) is 15.7. The van der Waals surface area contributed by atoms with E-state index in [0.29, 0.717) is 29.8 Å². The molecule has 1 aliphatic rings. The fraction of sp³-hybridized carbons (Fsp3) is 0.469. The van der Waals surface area contributed by atoms with Gasteiger partial charge in [-0.25, -0.2) is 8.42 Å². The second kappa shape index (κ2) is 13.4. The van der Waals surface area contributed by atoms with Gasteiger partial charge in [-0.3, -0.25) is 4.79 Å². The number of methoxy groups -OCH3 is 1. The Kier molecular flexibility index (Phi) is 10.1. The molecule has 9 nitrogen and oxygen atoms in total. The molecule has 0 saturated heterocycles. The largest absolute Gasteiger partial charge is 0.496 e. The number of rotatable bonds is 12. The summed E-state index contributed by atoms with van der Waals surface area (Å²) in [6.45, 7) is 7.70. The zero-order chi connectivity index (χ0) is 30.6. The molecule has 228 valence electrons. The van der Waals surface area contributed by atoms with Crippen LogP contribution in [-0.2, 0) is 39.1 Å². The number of nitrogens with zero attached hydrogens (tertiary/aromatic N) is 4. The first kappa shape index (κ1) is 31.7. The van der Waals surface area contributed by atoms with Crippen LogP contribution in [0.3, 0.4) is 0 Å². The zero-order valence-electron chi connectivity index (χ0n) is 25.9. The molecular weight excluding hydrogens is 552 g/mol. The average Bonchev–Trinajstić information content (AvgIpc) is 3.35. The summed E-state index contributed by atoms with van der Waals surface area (Å²) in [5.41, 5.74) is 5.62. The van der Waals surface area contributed by atoms with E-state index >= 15 is 0 Å². The maximum absolute atomic E-state index is 13.5. The van der Waals surface area contributed by atoms with E-state index in [1.807, 2.05) is 30.0 Å². The predicted molar refractivity (Wildman–Crippen MR) is 164 cm³/mol. The van der Waals surface area contributed by atoms with Crippen molar-refractivity contribution in [1.82, 2.24) is 18.7 Å². The van der Waals surface area contributed by atoms with Gasteiger partial charge in [-0.05, 0) is 81.7 Å². The first-order valence-electron chi connectivity index (χ1n) is 14.3. The van der Waals surface area contributed by atoms with Crippen LogP contribution in [0.4, 0.5) is 0 Å². The predicted octanol–water partition coefficient (Wildman–Crippen LogP) is 3.95. The summed E-state index contributed by atoms with van der Waals surface area (Å²) in [7, 11) is 3.47. The highest BCUT2D eigenvalue weighted by Crippen LogP contribution is 2.33. The Morgan fingerprint density at radius 3 is 2.38 bits per heavy atom. The van der Waals surface area contributed by atoms with Crippen LogP contribution >= 0.6 is 0 Å². The summed E-state index contributed by atoms with van der Waals surface area (Å²) in [5, 5.41) is 0. The first-order chi connectivity index (χ1) is 19.9. The molecule has 1 aromatic heterocycles. The number of carbonyl (C=O) groups is 1. The lowest BCUT2D eigenvalue weighted by Crippen LogP contribution is -2.45.